The van der Waals surface area contributed by atoms with Crippen molar-refractivity contribution in [1.29, 1.82) is 0 Å². The molecule has 0 saturated heterocycles. The molecule has 1 aromatic carbocycles. The molecule has 1 amide bonds. The first-order chi connectivity index (χ1) is 8.72. The summed E-state index contributed by atoms with van der Waals surface area (Å²) in [5.74, 6) is 2.46. The minimum absolute atomic E-state index is 0.0890. The van der Waals surface area contributed by atoms with E-state index in [1.165, 1.54) is 16.2 Å². The van der Waals surface area contributed by atoms with Crippen molar-refractivity contribution in [2.45, 2.75) is 13.3 Å². The lowest BCUT2D eigenvalue weighted by atomic mass is 10.2. The van der Waals surface area contributed by atoms with Gasteiger partial charge in [0.05, 0.1) is 4.88 Å². The molecule has 3 heteroatoms. The van der Waals surface area contributed by atoms with Gasteiger partial charge in [0.25, 0.3) is 5.91 Å². The van der Waals surface area contributed by atoms with Crippen LogP contribution < -0.4 is 5.32 Å². The quantitative estimate of drug-likeness (QED) is 0.835. The Morgan fingerprint density at radius 1 is 1.39 bits per heavy atom. The molecule has 2 rings (SSSR count). The van der Waals surface area contributed by atoms with Gasteiger partial charge in [-0.05, 0) is 36.8 Å². The lowest BCUT2D eigenvalue weighted by Gasteiger charge is -2.03. The molecule has 0 spiro atoms. The summed E-state index contributed by atoms with van der Waals surface area (Å²) in [4.78, 5) is 13.9. The van der Waals surface area contributed by atoms with Gasteiger partial charge in [0.1, 0.15) is 0 Å². The van der Waals surface area contributed by atoms with Crippen LogP contribution in [0.1, 0.15) is 27.0 Å². The van der Waals surface area contributed by atoms with E-state index in [4.69, 9.17) is 6.42 Å². The van der Waals surface area contributed by atoms with Crippen LogP contribution in [0.5, 0.6) is 0 Å². The number of carbonyl (C=O) groups excluding carboxylic acids is 1. The highest BCUT2D eigenvalue weighted by atomic mass is 32.1. The predicted octanol–water partition coefficient (Wildman–Crippen LogP) is 3.54. The molecule has 2 aromatic rings. The fraction of sp³-hybridized carbons (Fsp3) is 0.133. The van der Waals surface area contributed by atoms with Crippen molar-refractivity contribution in [1.82, 2.24) is 0 Å². The van der Waals surface area contributed by atoms with E-state index in [1.807, 2.05) is 30.3 Å². The van der Waals surface area contributed by atoms with E-state index in [2.05, 4.69) is 18.2 Å². The minimum Gasteiger partial charge on any atom is -0.321 e. The van der Waals surface area contributed by atoms with Crippen LogP contribution in [0, 0.1) is 12.3 Å². The highest BCUT2D eigenvalue weighted by Crippen LogP contribution is 2.19. The maximum absolute atomic E-state index is 12.0. The normalized spacial score (nSPS) is 9.78. The molecule has 0 aliphatic heterocycles. The first-order valence-electron chi connectivity index (χ1n) is 5.69. The monoisotopic (exact) mass is 255 g/mol. The molecule has 90 valence electrons. The fourth-order valence-corrected chi connectivity index (χ4v) is 2.41. The van der Waals surface area contributed by atoms with Gasteiger partial charge in [-0.2, -0.15) is 0 Å². The number of benzene rings is 1. The number of aryl methyl sites for hydroxylation is 1. The number of nitrogens with one attached hydrogen (secondary N) is 1. The molecule has 0 radical (unpaired) electrons. The number of hydrogen-bond acceptors (Lipinski definition) is 2. The number of terminal acetylenes is 1. The second-order valence-electron chi connectivity index (χ2n) is 3.80. The number of rotatable bonds is 3. The van der Waals surface area contributed by atoms with Crippen LogP contribution in [-0.4, -0.2) is 5.91 Å². The van der Waals surface area contributed by atoms with Crippen LogP contribution in [0.3, 0.4) is 0 Å². The Kier molecular flexibility index (Phi) is 3.81. The summed E-state index contributed by atoms with van der Waals surface area (Å²) in [5.41, 5.74) is 1.48. The van der Waals surface area contributed by atoms with Gasteiger partial charge < -0.3 is 5.32 Å². The third-order valence-corrected chi connectivity index (χ3v) is 3.75. The number of amides is 1. The number of thiophene rings is 1. The number of carbonyl (C=O) groups is 1. The highest BCUT2D eigenvalue weighted by molar-refractivity contribution is 7.14. The average molecular weight is 255 g/mol. The van der Waals surface area contributed by atoms with E-state index in [9.17, 15) is 4.79 Å². The van der Waals surface area contributed by atoms with Crippen LogP contribution in [0.2, 0.25) is 0 Å². The van der Waals surface area contributed by atoms with Gasteiger partial charge in [0.2, 0.25) is 0 Å². The smallest absolute Gasteiger partial charge is 0.265 e. The molecule has 2 nitrogen and oxygen atoms in total. The Morgan fingerprint density at radius 2 is 2.22 bits per heavy atom. The first-order valence-corrected chi connectivity index (χ1v) is 6.51. The van der Waals surface area contributed by atoms with Gasteiger partial charge in [0, 0.05) is 16.1 Å². The van der Waals surface area contributed by atoms with E-state index in [1.54, 1.807) is 6.07 Å². The molecule has 1 heterocycles. The topological polar surface area (TPSA) is 29.1 Å². The molecule has 0 bridgehead atoms. The van der Waals surface area contributed by atoms with Crippen LogP contribution in [0.15, 0.2) is 36.4 Å². The van der Waals surface area contributed by atoms with Gasteiger partial charge in [0.15, 0.2) is 0 Å². The SMILES string of the molecule is C#Cc1cccc(NC(=O)c2ccc(CC)s2)c1. The molecule has 1 aromatic heterocycles. The Bertz CT molecular complexity index is 607. The summed E-state index contributed by atoms with van der Waals surface area (Å²) in [7, 11) is 0. The lowest BCUT2D eigenvalue weighted by molar-refractivity contribution is 0.103. The molecule has 0 unspecified atom stereocenters. The van der Waals surface area contributed by atoms with E-state index in [0.717, 1.165) is 22.5 Å². The van der Waals surface area contributed by atoms with Crippen molar-refractivity contribution < 1.29 is 4.79 Å². The van der Waals surface area contributed by atoms with Crippen molar-refractivity contribution in [3.05, 3.63) is 51.7 Å². The average Bonchev–Trinajstić information content (AvgIpc) is 2.88. The summed E-state index contributed by atoms with van der Waals surface area (Å²) >= 11 is 1.52. The molecule has 1 N–H and O–H groups in total. The first kappa shape index (κ1) is 12.4. The summed E-state index contributed by atoms with van der Waals surface area (Å²) in [5, 5.41) is 2.85. The second-order valence-corrected chi connectivity index (χ2v) is 4.97. The highest BCUT2D eigenvalue weighted by Gasteiger charge is 2.08. The van der Waals surface area contributed by atoms with E-state index >= 15 is 0 Å². The van der Waals surface area contributed by atoms with Gasteiger partial charge >= 0.3 is 0 Å². The van der Waals surface area contributed by atoms with Gasteiger partial charge in [-0.3, -0.25) is 4.79 Å². The van der Waals surface area contributed by atoms with Gasteiger partial charge in [-0.15, -0.1) is 17.8 Å². The molecule has 0 atom stereocenters. The maximum atomic E-state index is 12.0. The minimum atomic E-state index is -0.0890. The Morgan fingerprint density at radius 3 is 2.89 bits per heavy atom. The second kappa shape index (κ2) is 5.52. The van der Waals surface area contributed by atoms with E-state index in [-0.39, 0.29) is 5.91 Å². The zero-order chi connectivity index (χ0) is 13.0. The summed E-state index contributed by atoms with van der Waals surface area (Å²) in [6, 6.07) is 11.1. The number of hydrogen-bond donors (Lipinski definition) is 1. The number of anilines is 1. The molecular formula is C15H13NOS. The largest absolute Gasteiger partial charge is 0.321 e. The van der Waals surface area contributed by atoms with Crippen molar-refractivity contribution >= 4 is 22.9 Å². The third kappa shape index (κ3) is 2.79. The van der Waals surface area contributed by atoms with Gasteiger partial charge in [-0.1, -0.05) is 18.9 Å². The summed E-state index contributed by atoms with van der Waals surface area (Å²) in [6.45, 7) is 2.07. The molecule has 0 saturated carbocycles. The molecular weight excluding hydrogens is 242 g/mol. The predicted molar refractivity (Wildman–Crippen MR) is 76.0 cm³/mol. The lowest BCUT2D eigenvalue weighted by Crippen LogP contribution is -2.09. The van der Waals surface area contributed by atoms with E-state index in [0.29, 0.717) is 0 Å². The van der Waals surface area contributed by atoms with Crippen LogP contribution >= 0.6 is 11.3 Å². The third-order valence-electron chi connectivity index (χ3n) is 2.52. The molecule has 0 aliphatic carbocycles. The molecule has 18 heavy (non-hydrogen) atoms. The molecule has 0 aliphatic rings. The van der Waals surface area contributed by atoms with Crippen LogP contribution in [-0.2, 0) is 6.42 Å². The summed E-state index contributed by atoms with van der Waals surface area (Å²) in [6.07, 6.45) is 6.27. The van der Waals surface area contributed by atoms with E-state index < -0.39 is 0 Å². The van der Waals surface area contributed by atoms with Crippen molar-refractivity contribution in [3.63, 3.8) is 0 Å². The van der Waals surface area contributed by atoms with Gasteiger partial charge in [-0.25, -0.2) is 0 Å². The Balaban J connectivity index is 2.13. The maximum Gasteiger partial charge on any atom is 0.265 e. The van der Waals surface area contributed by atoms with Crippen molar-refractivity contribution in [2.75, 3.05) is 5.32 Å². The Hall–Kier alpha value is -2.05. The Labute approximate surface area is 111 Å². The van der Waals surface area contributed by atoms with Crippen molar-refractivity contribution in [2.24, 2.45) is 0 Å². The van der Waals surface area contributed by atoms with Crippen LogP contribution in [0.4, 0.5) is 5.69 Å². The zero-order valence-electron chi connectivity index (χ0n) is 10.1. The van der Waals surface area contributed by atoms with Crippen LogP contribution in [0.25, 0.3) is 0 Å². The fourth-order valence-electron chi connectivity index (χ4n) is 1.57. The molecule has 0 fully saturated rings. The summed E-state index contributed by atoms with van der Waals surface area (Å²) < 4.78 is 0. The van der Waals surface area contributed by atoms with Crippen molar-refractivity contribution in [3.8, 4) is 12.3 Å². The zero-order valence-corrected chi connectivity index (χ0v) is 10.9. The standard InChI is InChI=1S/C15H13NOS/c1-3-11-6-5-7-12(10-11)16-15(17)14-9-8-13(4-2)18-14/h1,5-10H,4H2,2H3,(H,16,17).